The van der Waals surface area contributed by atoms with Crippen LogP contribution >= 0.6 is 0 Å². The first-order valence-corrected chi connectivity index (χ1v) is 7.62. The molecule has 0 saturated heterocycles. The second-order valence-corrected chi connectivity index (χ2v) is 5.86. The van der Waals surface area contributed by atoms with E-state index in [2.05, 4.69) is 17.2 Å². The van der Waals surface area contributed by atoms with Crippen LogP contribution in [0, 0.1) is 17.8 Å². The molecule has 2 rings (SSSR count). The Morgan fingerprint density at radius 3 is 2.45 bits per heavy atom. The standard InChI is InChI=1S/C17H21NO4/c19-15(20)10-9-14(13-7-3-1-4-8-13)18-17(16(21)22)11-5-2-6-12-17/h1,3-4,7,13-14,18H,2,5-6,8,11-12H2,(H,19,20)(H,21,22)/t13?,14-/m0/s1. The van der Waals surface area contributed by atoms with Gasteiger partial charge in [0.05, 0.1) is 6.04 Å². The number of carbonyl (C=O) groups is 2. The van der Waals surface area contributed by atoms with Crippen molar-refractivity contribution < 1.29 is 19.8 Å². The Bertz CT molecular complexity index is 547. The van der Waals surface area contributed by atoms with Gasteiger partial charge in [-0.25, -0.2) is 4.79 Å². The molecule has 0 aromatic carbocycles. The van der Waals surface area contributed by atoms with E-state index >= 15 is 0 Å². The number of hydrogen-bond acceptors (Lipinski definition) is 3. The Morgan fingerprint density at radius 1 is 1.18 bits per heavy atom. The molecule has 0 aromatic rings. The van der Waals surface area contributed by atoms with Gasteiger partial charge in [-0.05, 0) is 19.3 Å². The number of nitrogens with one attached hydrogen (secondary N) is 1. The summed E-state index contributed by atoms with van der Waals surface area (Å²) in [5.74, 6) is 2.76. The lowest BCUT2D eigenvalue weighted by Gasteiger charge is -2.38. The van der Waals surface area contributed by atoms with Gasteiger partial charge in [-0.2, -0.15) is 0 Å². The first-order chi connectivity index (χ1) is 10.5. The predicted molar refractivity (Wildman–Crippen MR) is 82.2 cm³/mol. The van der Waals surface area contributed by atoms with Gasteiger partial charge < -0.3 is 10.2 Å². The van der Waals surface area contributed by atoms with Crippen molar-refractivity contribution in [3.63, 3.8) is 0 Å². The van der Waals surface area contributed by atoms with Crippen molar-refractivity contribution in [2.45, 2.75) is 50.1 Å². The molecule has 2 aliphatic rings. The van der Waals surface area contributed by atoms with Crippen molar-refractivity contribution in [2.24, 2.45) is 5.92 Å². The number of aliphatic carboxylic acids is 2. The monoisotopic (exact) mass is 303 g/mol. The van der Waals surface area contributed by atoms with Crippen molar-refractivity contribution >= 4 is 11.9 Å². The highest BCUT2D eigenvalue weighted by atomic mass is 16.4. The van der Waals surface area contributed by atoms with E-state index in [4.69, 9.17) is 5.11 Å². The van der Waals surface area contributed by atoms with E-state index in [9.17, 15) is 14.7 Å². The molecular formula is C17H21NO4. The lowest BCUT2D eigenvalue weighted by molar-refractivity contribution is -0.146. The van der Waals surface area contributed by atoms with Gasteiger partial charge in [-0.15, -0.1) is 0 Å². The number of carboxylic acids is 2. The average Bonchev–Trinajstić information content (AvgIpc) is 2.53. The van der Waals surface area contributed by atoms with Crippen molar-refractivity contribution in [1.29, 1.82) is 0 Å². The minimum atomic E-state index is -1.20. The summed E-state index contributed by atoms with van der Waals surface area (Å²) < 4.78 is 0. The highest BCUT2D eigenvalue weighted by Gasteiger charge is 2.41. The molecule has 0 aliphatic heterocycles. The number of hydrogen-bond donors (Lipinski definition) is 3. The molecule has 5 nitrogen and oxygen atoms in total. The van der Waals surface area contributed by atoms with Gasteiger partial charge in [0.15, 0.2) is 0 Å². The van der Waals surface area contributed by atoms with Crippen LogP contribution in [0.3, 0.4) is 0 Å². The Balaban J connectivity index is 2.22. The largest absolute Gasteiger partial charge is 0.480 e. The van der Waals surface area contributed by atoms with Crippen LogP contribution in [0.5, 0.6) is 0 Å². The van der Waals surface area contributed by atoms with Crippen LogP contribution in [0.1, 0.15) is 38.5 Å². The number of rotatable bonds is 4. The molecule has 0 radical (unpaired) electrons. The van der Waals surface area contributed by atoms with E-state index in [0.29, 0.717) is 12.8 Å². The highest BCUT2D eigenvalue weighted by Crippen LogP contribution is 2.30. The summed E-state index contributed by atoms with van der Waals surface area (Å²) in [5.41, 5.74) is -0.995. The lowest BCUT2D eigenvalue weighted by Crippen LogP contribution is -2.58. The topological polar surface area (TPSA) is 86.6 Å². The molecule has 5 heteroatoms. The first-order valence-electron chi connectivity index (χ1n) is 7.62. The van der Waals surface area contributed by atoms with Crippen LogP contribution in [0.4, 0.5) is 0 Å². The zero-order valence-corrected chi connectivity index (χ0v) is 12.4. The molecule has 0 bridgehead atoms. The molecule has 1 fully saturated rings. The van der Waals surface area contributed by atoms with Gasteiger partial charge in [0, 0.05) is 11.8 Å². The molecule has 118 valence electrons. The minimum absolute atomic E-state index is 0.0185. The Kier molecular flexibility index (Phi) is 5.40. The quantitative estimate of drug-likeness (QED) is 0.691. The van der Waals surface area contributed by atoms with E-state index in [1.165, 1.54) is 0 Å². The molecule has 2 aliphatic carbocycles. The zero-order valence-electron chi connectivity index (χ0n) is 12.4. The van der Waals surface area contributed by atoms with Crippen LogP contribution in [0.25, 0.3) is 0 Å². The normalized spacial score (nSPS) is 24.1. The summed E-state index contributed by atoms with van der Waals surface area (Å²) >= 11 is 0. The van der Waals surface area contributed by atoms with Gasteiger partial charge in [0.1, 0.15) is 5.54 Å². The van der Waals surface area contributed by atoms with E-state index in [0.717, 1.165) is 25.7 Å². The van der Waals surface area contributed by atoms with Crippen molar-refractivity contribution in [2.75, 3.05) is 0 Å². The van der Waals surface area contributed by atoms with Crippen LogP contribution in [0.2, 0.25) is 0 Å². The molecule has 0 amide bonds. The summed E-state index contributed by atoms with van der Waals surface area (Å²) in [5, 5.41) is 21.6. The lowest BCUT2D eigenvalue weighted by atomic mass is 9.79. The van der Waals surface area contributed by atoms with E-state index in [-0.39, 0.29) is 5.92 Å². The summed E-state index contributed by atoms with van der Waals surface area (Å²) in [6.07, 6.45) is 12.3. The van der Waals surface area contributed by atoms with Crippen molar-refractivity contribution in [1.82, 2.24) is 5.32 Å². The highest BCUT2D eigenvalue weighted by molar-refractivity contribution is 5.86. The van der Waals surface area contributed by atoms with E-state index in [1.54, 1.807) is 0 Å². The molecule has 22 heavy (non-hydrogen) atoms. The second kappa shape index (κ2) is 7.28. The molecule has 0 aromatic heterocycles. The zero-order chi connectivity index (χ0) is 16.0. The van der Waals surface area contributed by atoms with Gasteiger partial charge in [0.25, 0.3) is 0 Å². The summed E-state index contributed by atoms with van der Waals surface area (Å²) in [7, 11) is 0. The molecule has 0 spiro atoms. The molecule has 2 atom stereocenters. The predicted octanol–water partition coefficient (Wildman–Crippen LogP) is 1.95. The van der Waals surface area contributed by atoms with Gasteiger partial charge in [-0.3, -0.25) is 10.1 Å². The molecule has 1 saturated carbocycles. The maximum absolute atomic E-state index is 11.8. The Hall–Kier alpha value is -2.06. The Labute approximate surface area is 130 Å². The third-order valence-corrected chi connectivity index (χ3v) is 4.32. The smallest absolute Gasteiger partial charge is 0.381 e. The fraction of sp³-hybridized carbons (Fsp3) is 0.529. The van der Waals surface area contributed by atoms with Crippen molar-refractivity contribution in [3.8, 4) is 11.8 Å². The summed E-state index contributed by atoms with van der Waals surface area (Å²) in [4.78, 5) is 22.5. The Morgan fingerprint density at radius 2 is 1.91 bits per heavy atom. The van der Waals surface area contributed by atoms with Crippen LogP contribution in [-0.2, 0) is 9.59 Å². The minimum Gasteiger partial charge on any atom is -0.480 e. The number of carboxylic acid groups (broad SMARTS) is 2. The molecular weight excluding hydrogens is 282 g/mol. The second-order valence-electron chi connectivity index (χ2n) is 5.86. The fourth-order valence-electron chi connectivity index (χ4n) is 3.11. The van der Waals surface area contributed by atoms with Crippen LogP contribution in [-0.4, -0.2) is 33.7 Å². The van der Waals surface area contributed by atoms with E-state index < -0.39 is 23.5 Å². The van der Waals surface area contributed by atoms with Crippen LogP contribution in [0.15, 0.2) is 24.3 Å². The first kappa shape index (κ1) is 16.3. The maximum Gasteiger partial charge on any atom is 0.381 e. The van der Waals surface area contributed by atoms with Gasteiger partial charge in [-0.1, -0.05) is 49.5 Å². The van der Waals surface area contributed by atoms with Gasteiger partial charge >= 0.3 is 11.9 Å². The third-order valence-electron chi connectivity index (χ3n) is 4.32. The maximum atomic E-state index is 11.8. The van der Waals surface area contributed by atoms with E-state index in [1.807, 2.05) is 24.3 Å². The molecule has 1 unspecified atom stereocenters. The van der Waals surface area contributed by atoms with Gasteiger partial charge in [0.2, 0.25) is 0 Å². The average molecular weight is 303 g/mol. The number of allylic oxidation sites excluding steroid dienone is 3. The fourth-order valence-corrected chi connectivity index (χ4v) is 3.11. The van der Waals surface area contributed by atoms with Crippen LogP contribution < -0.4 is 5.32 Å². The molecule has 3 N–H and O–H groups in total. The summed E-state index contributed by atoms with van der Waals surface area (Å²) in [6.45, 7) is 0. The molecule has 0 heterocycles. The SMILES string of the molecule is O=C(O)C#C[C@H](NC1(C(=O)O)CCCCC1)C1C=CC=CC1. The third kappa shape index (κ3) is 3.99. The summed E-state index contributed by atoms with van der Waals surface area (Å²) in [6, 6.07) is -0.480. The van der Waals surface area contributed by atoms with Crippen molar-refractivity contribution in [3.05, 3.63) is 24.3 Å².